The van der Waals surface area contributed by atoms with Crippen LogP contribution in [0.25, 0.3) is 0 Å². The largest absolute Gasteiger partial charge is 0.481 e. The van der Waals surface area contributed by atoms with Gasteiger partial charge >= 0.3 is 5.97 Å². The Bertz CT molecular complexity index is 540. The second kappa shape index (κ2) is 5.83. The Morgan fingerprint density at radius 1 is 1.48 bits per heavy atom. The van der Waals surface area contributed by atoms with Gasteiger partial charge in [-0.1, -0.05) is 19.0 Å². The molecule has 0 radical (unpaired) electrons. The summed E-state index contributed by atoms with van der Waals surface area (Å²) < 4.78 is 5.09. The molecule has 0 spiro atoms. The molecule has 1 atom stereocenters. The topological polar surface area (TPSA) is 96.5 Å². The van der Waals surface area contributed by atoms with Crippen LogP contribution in [-0.2, 0) is 16.0 Å². The van der Waals surface area contributed by atoms with Crippen molar-refractivity contribution in [2.45, 2.75) is 46.0 Å². The van der Waals surface area contributed by atoms with Gasteiger partial charge in [0.2, 0.25) is 11.8 Å². The van der Waals surface area contributed by atoms with Crippen LogP contribution in [0.2, 0.25) is 0 Å². The average Bonchev–Trinajstić information content (AvgIpc) is 3.03. The molecule has 1 amide bonds. The fourth-order valence-electron chi connectivity index (χ4n) is 2.32. The Hall–Kier alpha value is -1.92. The number of nitrogens with zero attached hydrogens (tertiary/aromatic N) is 3. The van der Waals surface area contributed by atoms with E-state index >= 15 is 0 Å². The minimum Gasteiger partial charge on any atom is -0.481 e. The number of aliphatic carboxylic acids is 1. The van der Waals surface area contributed by atoms with Crippen LogP contribution in [0.3, 0.4) is 0 Å². The summed E-state index contributed by atoms with van der Waals surface area (Å²) in [7, 11) is 0. The normalized spacial score (nSPS) is 22.0. The zero-order valence-corrected chi connectivity index (χ0v) is 12.6. The van der Waals surface area contributed by atoms with E-state index in [9.17, 15) is 9.59 Å². The van der Waals surface area contributed by atoms with Crippen molar-refractivity contribution >= 4 is 11.9 Å². The lowest BCUT2D eigenvalue weighted by Gasteiger charge is -2.19. The molecule has 21 heavy (non-hydrogen) atoms. The van der Waals surface area contributed by atoms with E-state index in [1.165, 1.54) is 0 Å². The summed E-state index contributed by atoms with van der Waals surface area (Å²) in [5, 5.41) is 13.0. The molecule has 1 aromatic rings. The van der Waals surface area contributed by atoms with Crippen LogP contribution in [-0.4, -0.2) is 45.1 Å². The maximum absolute atomic E-state index is 12.1. The summed E-state index contributed by atoms with van der Waals surface area (Å²) in [5.41, 5.74) is -0.828. The van der Waals surface area contributed by atoms with Crippen LogP contribution in [0.1, 0.15) is 51.2 Å². The van der Waals surface area contributed by atoms with Crippen LogP contribution in [0.4, 0.5) is 0 Å². The lowest BCUT2D eigenvalue weighted by Crippen LogP contribution is -2.34. The number of carbonyl (C=O) groups excluding carboxylic acids is 1. The van der Waals surface area contributed by atoms with Crippen LogP contribution < -0.4 is 0 Å². The number of amides is 1. The van der Waals surface area contributed by atoms with E-state index in [2.05, 4.69) is 10.1 Å². The zero-order chi connectivity index (χ0) is 15.6. The highest BCUT2D eigenvalue weighted by Gasteiger charge is 2.41. The molecule has 2 rings (SSSR count). The average molecular weight is 295 g/mol. The van der Waals surface area contributed by atoms with Gasteiger partial charge in [0.05, 0.1) is 5.41 Å². The van der Waals surface area contributed by atoms with E-state index in [4.69, 9.17) is 9.63 Å². The Labute approximate surface area is 123 Å². The van der Waals surface area contributed by atoms with Crippen LogP contribution in [0, 0.1) is 5.41 Å². The molecule has 2 heterocycles. The molecule has 7 nitrogen and oxygen atoms in total. The van der Waals surface area contributed by atoms with Crippen LogP contribution in [0.5, 0.6) is 0 Å². The summed E-state index contributed by atoms with van der Waals surface area (Å²) in [6, 6.07) is 0. The van der Waals surface area contributed by atoms with Crippen molar-refractivity contribution in [1.29, 1.82) is 0 Å². The zero-order valence-electron chi connectivity index (χ0n) is 12.6. The van der Waals surface area contributed by atoms with E-state index in [1.54, 1.807) is 11.8 Å². The predicted molar refractivity (Wildman–Crippen MR) is 73.6 cm³/mol. The van der Waals surface area contributed by atoms with Crippen molar-refractivity contribution in [2.75, 3.05) is 13.1 Å². The number of carboxylic acid groups (broad SMARTS) is 1. The molecule has 1 aliphatic rings. The molecule has 1 aromatic heterocycles. The minimum absolute atomic E-state index is 0.0655. The first kappa shape index (κ1) is 15.5. The van der Waals surface area contributed by atoms with Crippen LogP contribution >= 0.6 is 0 Å². The van der Waals surface area contributed by atoms with Crippen molar-refractivity contribution < 1.29 is 19.2 Å². The molecule has 0 unspecified atom stereocenters. The highest BCUT2D eigenvalue weighted by atomic mass is 16.5. The van der Waals surface area contributed by atoms with E-state index < -0.39 is 11.4 Å². The van der Waals surface area contributed by atoms with E-state index in [0.29, 0.717) is 31.1 Å². The minimum atomic E-state index is -0.851. The van der Waals surface area contributed by atoms with E-state index in [-0.39, 0.29) is 24.8 Å². The van der Waals surface area contributed by atoms with Crippen molar-refractivity contribution in [3.8, 4) is 0 Å². The van der Waals surface area contributed by atoms with Crippen molar-refractivity contribution in [1.82, 2.24) is 15.0 Å². The lowest BCUT2D eigenvalue weighted by molar-refractivity contribution is -0.147. The molecular weight excluding hydrogens is 274 g/mol. The highest BCUT2D eigenvalue weighted by molar-refractivity contribution is 5.80. The van der Waals surface area contributed by atoms with Gasteiger partial charge in [-0.3, -0.25) is 9.59 Å². The maximum Gasteiger partial charge on any atom is 0.311 e. The molecule has 0 aromatic carbocycles. The second-order valence-corrected chi connectivity index (χ2v) is 6.13. The van der Waals surface area contributed by atoms with Gasteiger partial charge in [-0.05, 0) is 13.3 Å². The summed E-state index contributed by atoms with van der Waals surface area (Å²) in [6.07, 6.45) is 1.14. The molecule has 1 aliphatic heterocycles. The summed E-state index contributed by atoms with van der Waals surface area (Å²) in [5.74, 6) is 0.359. The summed E-state index contributed by atoms with van der Waals surface area (Å²) in [6.45, 7) is 6.37. The third-order valence-corrected chi connectivity index (χ3v) is 3.90. The number of aryl methyl sites for hydroxylation is 1. The van der Waals surface area contributed by atoms with Gasteiger partial charge in [0, 0.05) is 31.8 Å². The van der Waals surface area contributed by atoms with Gasteiger partial charge in [-0.2, -0.15) is 4.98 Å². The Kier molecular flexibility index (Phi) is 4.29. The number of hydrogen-bond acceptors (Lipinski definition) is 5. The molecule has 0 aliphatic carbocycles. The molecule has 0 bridgehead atoms. The Balaban J connectivity index is 1.86. The molecule has 116 valence electrons. The van der Waals surface area contributed by atoms with Crippen molar-refractivity contribution in [3.05, 3.63) is 11.7 Å². The Morgan fingerprint density at radius 3 is 2.71 bits per heavy atom. The first-order valence-electron chi connectivity index (χ1n) is 7.15. The van der Waals surface area contributed by atoms with E-state index in [0.717, 1.165) is 0 Å². The molecule has 1 N–H and O–H groups in total. The summed E-state index contributed by atoms with van der Waals surface area (Å²) >= 11 is 0. The Morgan fingerprint density at radius 2 is 2.19 bits per heavy atom. The summed E-state index contributed by atoms with van der Waals surface area (Å²) in [4.78, 5) is 29.1. The fraction of sp³-hybridized carbons (Fsp3) is 0.714. The molecule has 1 fully saturated rings. The molecular formula is C14H21N3O4. The first-order chi connectivity index (χ1) is 9.82. The number of carboxylic acids is 1. The quantitative estimate of drug-likeness (QED) is 0.883. The van der Waals surface area contributed by atoms with E-state index in [1.807, 2.05) is 13.8 Å². The van der Waals surface area contributed by atoms with Crippen LogP contribution in [0.15, 0.2) is 4.52 Å². The lowest BCUT2D eigenvalue weighted by atomic mass is 9.90. The SMILES string of the molecule is CC(C)c1noc(CCC(=O)N2CC[C@@](C)(C(=O)O)C2)n1. The number of likely N-dealkylation sites (tertiary alicyclic amines) is 1. The third kappa shape index (κ3) is 3.40. The molecule has 0 saturated carbocycles. The van der Waals surface area contributed by atoms with Gasteiger partial charge in [0.1, 0.15) is 0 Å². The number of carbonyl (C=O) groups is 2. The smallest absolute Gasteiger partial charge is 0.311 e. The molecule has 1 saturated heterocycles. The second-order valence-electron chi connectivity index (χ2n) is 6.13. The van der Waals surface area contributed by atoms with Crippen molar-refractivity contribution in [3.63, 3.8) is 0 Å². The van der Waals surface area contributed by atoms with Gasteiger partial charge < -0.3 is 14.5 Å². The number of rotatable bonds is 5. The fourth-order valence-corrected chi connectivity index (χ4v) is 2.32. The van der Waals surface area contributed by atoms with Gasteiger partial charge in [-0.15, -0.1) is 0 Å². The monoisotopic (exact) mass is 295 g/mol. The first-order valence-corrected chi connectivity index (χ1v) is 7.15. The maximum atomic E-state index is 12.1. The molecule has 7 heteroatoms. The van der Waals surface area contributed by atoms with Gasteiger partial charge in [0.25, 0.3) is 0 Å². The number of hydrogen-bond donors (Lipinski definition) is 1. The van der Waals surface area contributed by atoms with Gasteiger partial charge in [-0.25, -0.2) is 0 Å². The number of aromatic nitrogens is 2. The third-order valence-electron chi connectivity index (χ3n) is 3.90. The van der Waals surface area contributed by atoms with Crippen molar-refractivity contribution in [2.24, 2.45) is 5.41 Å². The standard InChI is InChI=1S/C14H21N3O4/c1-9(2)12-15-10(21-16-12)4-5-11(18)17-7-6-14(3,8-17)13(19)20/h9H,4-8H2,1-3H3,(H,19,20)/t14-/m1/s1. The highest BCUT2D eigenvalue weighted by Crippen LogP contribution is 2.30. The van der Waals surface area contributed by atoms with Gasteiger partial charge in [0.15, 0.2) is 5.82 Å². The predicted octanol–water partition coefficient (Wildman–Crippen LogP) is 1.45.